The highest BCUT2D eigenvalue weighted by Crippen LogP contribution is 2.34. The van der Waals surface area contributed by atoms with Crippen LogP contribution in [0.4, 0.5) is 0 Å². The number of aryl methyl sites for hydroxylation is 1. The lowest BCUT2D eigenvalue weighted by molar-refractivity contribution is 0.0701. The van der Waals surface area contributed by atoms with Crippen molar-refractivity contribution in [3.05, 3.63) is 38.3 Å². The molecule has 6 heteroatoms. The number of thiazole rings is 1. The molecule has 0 unspecified atom stereocenters. The molecule has 0 aliphatic rings. The Bertz CT molecular complexity index is 612. The molecule has 94 valence electrons. The monoisotopic (exact) mass is 345 g/mol. The summed E-state index contributed by atoms with van der Waals surface area (Å²) in [6, 6.07) is 5.36. The minimum atomic E-state index is -0.930. The number of hydrogen-bond donors (Lipinski definition) is 1. The van der Waals surface area contributed by atoms with Crippen LogP contribution in [-0.4, -0.2) is 16.1 Å². The van der Waals surface area contributed by atoms with Crippen LogP contribution in [-0.2, 0) is 6.42 Å². The Balaban J connectivity index is 2.54. The smallest absolute Gasteiger partial charge is 0.347 e. The van der Waals surface area contributed by atoms with E-state index in [9.17, 15) is 4.79 Å². The van der Waals surface area contributed by atoms with E-state index in [1.807, 2.05) is 13.0 Å². The average molecular weight is 347 g/mol. The summed E-state index contributed by atoms with van der Waals surface area (Å²) >= 11 is 10.5. The Morgan fingerprint density at radius 2 is 2.28 bits per heavy atom. The lowest BCUT2D eigenvalue weighted by atomic mass is 10.2. The predicted octanol–water partition coefficient (Wildman–Crippen LogP) is 4.49. The fraction of sp³-hybridized carbons (Fsp3) is 0.167. The van der Waals surface area contributed by atoms with Gasteiger partial charge in [0.1, 0.15) is 9.88 Å². The van der Waals surface area contributed by atoms with Gasteiger partial charge in [0.25, 0.3) is 0 Å². The molecule has 2 aromatic rings. The van der Waals surface area contributed by atoms with Crippen molar-refractivity contribution < 1.29 is 9.90 Å². The quantitative estimate of drug-likeness (QED) is 0.891. The second kappa shape index (κ2) is 5.38. The third-order valence-electron chi connectivity index (χ3n) is 2.39. The SMILES string of the molecule is CCc1nc(-c2ccc(Cl)cc2Br)sc1C(=O)O. The molecular formula is C12H9BrClNO2S. The molecule has 1 heterocycles. The van der Waals surface area contributed by atoms with Crippen molar-refractivity contribution in [3.8, 4) is 10.6 Å². The molecule has 1 N–H and O–H groups in total. The lowest BCUT2D eigenvalue weighted by Crippen LogP contribution is -1.97. The Hall–Kier alpha value is -0.910. The third-order valence-corrected chi connectivity index (χ3v) is 4.40. The van der Waals surface area contributed by atoms with Crippen LogP contribution in [0.5, 0.6) is 0 Å². The molecule has 0 radical (unpaired) electrons. The molecule has 18 heavy (non-hydrogen) atoms. The summed E-state index contributed by atoms with van der Waals surface area (Å²) in [5.41, 5.74) is 1.47. The van der Waals surface area contributed by atoms with E-state index in [4.69, 9.17) is 16.7 Å². The molecule has 2 rings (SSSR count). The van der Waals surface area contributed by atoms with Crippen molar-refractivity contribution in [2.75, 3.05) is 0 Å². The van der Waals surface area contributed by atoms with E-state index in [0.717, 1.165) is 10.0 Å². The number of carboxylic acids is 1. The summed E-state index contributed by atoms with van der Waals surface area (Å²) in [7, 11) is 0. The van der Waals surface area contributed by atoms with Crippen LogP contribution < -0.4 is 0 Å². The maximum Gasteiger partial charge on any atom is 0.347 e. The molecule has 0 saturated carbocycles. The predicted molar refractivity (Wildman–Crippen MR) is 76.6 cm³/mol. The molecule has 3 nitrogen and oxygen atoms in total. The summed E-state index contributed by atoms with van der Waals surface area (Å²) in [6.45, 7) is 1.89. The van der Waals surface area contributed by atoms with Gasteiger partial charge in [0.2, 0.25) is 0 Å². The van der Waals surface area contributed by atoms with Crippen LogP contribution in [0.3, 0.4) is 0 Å². The van der Waals surface area contributed by atoms with Crippen molar-refractivity contribution in [2.45, 2.75) is 13.3 Å². The van der Waals surface area contributed by atoms with Gasteiger partial charge in [-0.25, -0.2) is 9.78 Å². The van der Waals surface area contributed by atoms with E-state index < -0.39 is 5.97 Å². The van der Waals surface area contributed by atoms with E-state index in [2.05, 4.69) is 20.9 Å². The first-order valence-corrected chi connectivity index (χ1v) is 7.20. The Morgan fingerprint density at radius 1 is 1.56 bits per heavy atom. The third kappa shape index (κ3) is 2.58. The zero-order chi connectivity index (χ0) is 13.3. The first kappa shape index (κ1) is 13.5. The van der Waals surface area contributed by atoms with Crippen LogP contribution in [0.15, 0.2) is 22.7 Å². The number of nitrogens with zero attached hydrogens (tertiary/aromatic N) is 1. The molecule has 0 amide bonds. The number of rotatable bonds is 3. The standard InChI is InChI=1S/C12H9BrClNO2S/c1-2-9-10(12(16)17)18-11(15-9)7-4-3-6(14)5-8(7)13/h3-5H,2H2,1H3,(H,16,17). The van der Waals surface area contributed by atoms with Crippen LogP contribution in [0, 0.1) is 0 Å². The highest BCUT2D eigenvalue weighted by atomic mass is 79.9. The van der Waals surface area contributed by atoms with E-state index in [1.165, 1.54) is 11.3 Å². The Kier molecular flexibility index (Phi) is 4.04. The molecule has 0 spiro atoms. The topological polar surface area (TPSA) is 50.2 Å². The van der Waals surface area contributed by atoms with Gasteiger partial charge in [0, 0.05) is 15.1 Å². The fourth-order valence-corrected chi connectivity index (χ4v) is 3.57. The minimum Gasteiger partial charge on any atom is -0.477 e. The Morgan fingerprint density at radius 3 is 2.78 bits per heavy atom. The van der Waals surface area contributed by atoms with Crippen LogP contribution in [0.2, 0.25) is 5.02 Å². The van der Waals surface area contributed by atoms with Gasteiger partial charge < -0.3 is 5.11 Å². The molecule has 0 saturated heterocycles. The van der Waals surface area contributed by atoms with Gasteiger partial charge in [-0.05, 0) is 24.6 Å². The maximum absolute atomic E-state index is 11.1. The molecule has 1 aromatic carbocycles. The van der Waals surface area contributed by atoms with Crippen molar-refractivity contribution in [1.29, 1.82) is 0 Å². The second-order valence-electron chi connectivity index (χ2n) is 3.58. The number of carboxylic acid groups (broad SMARTS) is 1. The summed E-state index contributed by atoms with van der Waals surface area (Å²) in [5.74, 6) is -0.930. The number of aromatic carboxylic acids is 1. The number of hydrogen-bond acceptors (Lipinski definition) is 3. The average Bonchev–Trinajstić information content (AvgIpc) is 2.73. The van der Waals surface area contributed by atoms with Crippen molar-refractivity contribution in [1.82, 2.24) is 4.98 Å². The summed E-state index contributed by atoms with van der Waals surface area (Å²) in [5, 5.41) is 10.4. The second-order valence-corrected chi connectivity index (χ2v) is 5.87. The van der Waals surface area contributed by atoms with Crippen LogP contribution >= 0.6 is 38.9 Å². The van der Waals surface area contributed by atoms with Crippen molar-refractivity contribution >= 4 is 44.8 Å². The zero-order valence-corrected chi connectivity index (χ0v) is 12.6. The van der Waals surface area contributed by atoms with Gasteiger partial charge in [-0.2, -0.15) is 0 Å². The number of carbonyl (C=O) groups is 1. The van der Waals surface area contributed by atoms with Crippen LogP contribution in [0.25, 0.3) is 10.6 Å². The summed E-state index contributed by atoms with van der Waals surface area (Å²) in [6.07, 6.45) is 0.601. The Labute approximate surface area is 122 Å². The van der Waals surface area contributed by atoms with Crippen molar-refractivity contribution in [3.63, 3.8) is 0 Å². The van der Waals surface area contributed by atoms with Gasteiger partial charge in [-0.15, -0.1) is 11.3 Å². The minimum absolute atomic E-state index is 0.300. The van der Waals surface area contributed by atoms with Gasteiger partial charge in [0.05, 0.1) is 5.69 Å². The first-order valence-electron chi connectivity index (χ1n) is 5.21. The zero-order valence-electron chi connectivity index (χ0n) is 9.41. The lowest BCUT2D eigenvalue weighted by Gasteiger charge is -2.00. The van der Waals surface area contributed by atoms with E-state index in [0.29, 0.717) is 27.0 Å². The highest BCUT2D eigenvalue weighted by molar-refractivity contribution is 9.10. The van der Waals surface area contributed by atoms with Gasteiger partial charge >= 0.3 is 5.97 Å². The van der Waals surface area contributed by atoms with Crippen LogP contribution in [0.1, 0.15) is 22.3 Å². The number of aromatic nitrogens is 1. The molecule has 0 aliphatic carbocycles. The molecular weight excluding hydrogens is 338 g/mol. The van der Waals surface area contributed by atoms with Gasteiger partial charge in [0.15, 0.2) is 0 Å². The van der Waals surface area contributed by atoms with E-state index >= 15 is 0 Å². The first-order chi connectivity index (χ1) is 8.52. The summed E-state index contributed by atoms with van der Waals surface area (Å²) < 4.78 is 0.809. The molecule has 0 atom stereocenters. The fourth-order valence-electron chi connectivity index (χ4n) is 1.54. The van der Waals surface area contributed by atoms with E-state index in [-0.39, 0.29) is 0 Å². The molecule has 0 aliphatic heterocycles. The number of benzene rings is 1. The number of halogens is 2. The maximum atomic E-state index is 11.1. The summed E-state index contributed by atoms with van der Waals surface area (Å²) in [4.78, 5) is 15.8. The van der Waals surface area contributed by atoms with E-state index in [1.54, 1.807) is 12.1 Å². The largest absolute Gasteiger partial charge is 0.477 e. The molecule has 1 aromatic heterocycles. The highest BCUT2D eigenvalue weighted by Gasteiger charge is 2.18. The normalized spacial score (nSPS) is 10.6. The molecule has 0 bridgehead atoms. The van der Waals surface area contributed by atoms with Gasteiger partial charge in [-0.1, -0.05) is 34.5 Å². The van der Waals surface area contributed by atoms with Gasteiger partial charge in [-0.3, -0.25) is 0 Å². The van der Waals surface area contributed by atoms with Crippen molar-refractivity contribution in [2.24, 2.45) is 0 Å². The molecule has 0 fully saturated rings.